The Labute approximate surface area is 108 Å². The summed E-state index contributed by atoms with van der Waals surface area (Å²) < 4.78 is 0. The lowest BCUT2D eigenvalue weighted by atomic mass is 10.0. The van der Waals surface area contributed by atoms with Crippen molar-refractivity contribution in [2.75, 3.05) is 19.6 Å². The van der Waals surface area contributed by atoms with Crippen LogP contribution in [0.2, 0.25) is 0 Å². The molecule has 0 aliphatic carbocycles. The first kappa shape index (κ1) is 13.0. The second-order valence-electron chi connectivity index (χ2n) is 4.47. The quantitative estimate of drug-likeness (QED) is 0.679. The van der Waals surface area contributed by atoms with Gasteiger partial charge in [-0.25, -0.2) is 0 Å². The monoisotopic (exact) mass is 244 g/mol. The minimum absolute atomic E-state index is 0.465. The Hall–Kier alpha value is -1.42. The molecular formula is C15H20N2O. The van der Waals surface area contributed by atoms with E-state index in [2.05, 4.69) is 17.4 Å². The number of hydrogen-bond acceptors (Lipinski definition) is 3. The molecule has 2 aromatic rings. The van der Waals surface area contributed by atoms with Crippen LogP contribution in [0.3, 0.4) is 0 Å². The van der Waals surface area contributed by atoms with Gasteiger partial charge < -0.3 is 16.2 Å². The number of nitrogens with one attached hydrogen (secondary N) is 1. The number of hydrogen-bond donors (Lipinski definition) is 3. The molecular weight excluding hydrogens is 224 g/mol. The van der Waals surface area contributed by atoms with Crippen LogP contribution >= 0.6 is 0 Å². The highest BCUT2D eigenvalue weighted by Crippen LogP contribution is 2.19. The molecule has 0 radical (unpaired) electrons. The van der Waals surface area contributed by atoms with E-state index in [4.69, 9.17) is 5.73 Å². The summed E-state index contributed by atoms with van der Waals surface area (Å²) in [5, 5.41) is 15.6. The lowest BCUT2D eigenvalue weighted by Crippen LogP contribution is -2.24. The fraction of sp³-hybridized carbons (Fsp3) is 0.333. The van der Waals surface area contributed by atoms with Gasteiger partial charge in [-0.05, 0) is 41.9 Å². The second-order valence-corrected chi connectivity index (χ2v) is 4.47. The molecule has 0 aliphatic rings. The highest BCUT2D eigenvalue weighted by molar-refractivity contribution is 5.83. The Kier molecular flexibility index (Phi) is 4.70. The summed E-state index contributed by atoms with van der Waals surface area (Å²) in [6, 6.07) is 14.2. The Balaban J connectivity index is 2.01. The van der Waals surface area contributed by atoms with Crippen molar-refractivity contribution in [3.63, 3.8) is 0 Å². The van der Waals surface area contributed by atoms with Gasteiger partial charge in [-0.15, -0.1) is 0 Å². The van der Waals surface area contributed by atoms with Crippen LogP contribution in [-0.2, 0) is 0 Å². The third-order valence-corrected chi connectivity index (χ3v) is 3.05. The molecule has 18 heavy (non-hydrogen) atoms. The van der Waals surface area contributed by atoms with Gasteiger partial charge in [-0.3, -0.25) is 0 Å². The van der Waals surface area contributed by atoms with Crippen molar-refractivity contribution in [3.05, 3.63) is 48.0 Å². The van der Waals surface area contributed by atoms with E-state index >= 15 is 0 Å². The first-order valence-corrected chi connectivity index (χ1v) is 6.39. The summed E-state index contributed by atoms with van der Waals surface area (Å²) in [7, 11) is 0. The van der Waals surface area contributed by atoms with Crippen LogP contribution in [0.25, 0.3) is 10.8 Å². The van der Waals surface area contributed by atoms with E-state index in [1.54, 1.807) is 0 Å². The van der Waals surface area contributed by atoms with Crippen molar-refractivity contribution < 1.29 is 5.11 Å². The second kappa shape index (κ2) is 6.50. The minimum Gasteiger partial charge on any atom is -0.387 e. The topological polar surface area (TPSA) is 58.3 Å². The lowest BCUT2D eigenvalue weighted by Gasteiger charge is -2.12. The van der Waals surface area contributed by atoms with Gasteiger partial charge in [0.2, 0.25) is 0 Å². The van der Waals surface area contributed by atoms with Crippen molar-refractivity contribution in [2.24, 2.45) is 5.73 Å². The largest absolute Gasteiger partial charge is 0.387 e. The number of aliphatic hydroxyl groups excluding tert-OH is 1. The van der Waals surface area contributed by atoms with Crippen molar-refractivity contribution in [2.45, 2.75) is 12.5 Å². The third kappa shape index (κ3) is 3.29. The third-order valence-electron chi connectivity index (χ3n) is 3.05. The molecule has 3 nitrogen and oxygen atoms in total. The van der Waals surface area contributed by atoms with E-state index < -0.39 is 6.10 Å². The maximum atomic E-state index is 10.1. The maximum absolute atomic E-state index is 10.1. The van der Waals surface area contributed by atoms with Crippen molar-refractivity contribution in [1.82, 2.24) is 5.32 Å². The molecule has 1 atom stereocenters. The normalized spacial score (nSPS) is 12.8. The van der Waals surface area contributed by atoms with Gasteiger partial charge in [-0.1, -0.05) is 36.4 Å². The fourth-order valence-electron chi connectivity index (χ4n) is 2.00. The Morgan fingerprint density at radius 3 is 2.67 bits per heavy atom. The zero-order valence-electron chi connectivity index (χ0n) is 10.5. The van der Waals surface area contributed by atoms with Crippen LogP contribution < -0.4 is 11.1 Å². The van der Waals surface area contributed by atoms with Crippen LogP contribution in [0.4, 0.5) is 0 Å². The van der Waals surface area contributed by atoms with E-state index in [0.29, 0.717) is 13.1 Å². The van der Waals surface area contributed by atoms with Crippen LogP contribution in [0.15, 0.2) is 42.5 Å². The smallest absolute Gasteiger partial charge is 0.0914 e. The Morgan fingerprint density at radius 2 is 1.89 bits per heavy atom. The predicted octanol–water partition coefficient (Wildman–Crippen LogP) is 1.81. The van der Waals surface area contributed by atoms with Gasteiger partial charge in [0.15, 0.2) is 0 Å². The molecule has 0 aromatic heterocycles. The predicted molar refractivity (Wildman–Crippen MR) is 75.4 cm³/mol. The fourth-order valence-corrected chi connectivity index (χ4v) is 2.00. The summed E-state index contributed by atoms with van der Waals surface area (Å²) in [6.45, 7) is 2.10. The first-order chi connectivity index (χ1) is 8.81. The molecule has 1 unspecified atom stereocenters. The highest BCUT2D eigenvalue weighted by Gasteiger charge is 2.07. The highest BCUT2D eigenvalue weighted by atomic mass is 16.3. The number of benzene rings is 2. The van der Waals surface area contributed by atoms with Gasteiger partial charge in [0.05, 0.1) is 6.10 Å². The molecule has 96 valence electrons. The van der Waals surface area contributed by atoms with Crippen LogP contribution in [-0.4, -0.2) is 24.7 Å². The van der Waals surface area contributed by atoms with E-state index in [0.717, 1.165) is 23.9 Å². The van der Waals surface area contributed by atoms with E-state index in [1.165, 1.54) is 5.39 Å². The standard InChI is InChI=1S/C15H20N2O/c16-8-3-9-17-11-15(18)14-7-6-12-4-1-2-5-13(12)10-14/h1-2,4-7,10,15,17-18H,3,8-9,11,16H2. The molecule has 0 saturated carbocycles. The Bertz CT molecular complexity index is 499. The number of aliphatic hydroxyl groups is 1. The molecule has 0 bridgehead atoms. The molecule has 0 heterocycles. The van der Waals surface area contributed by atoms with Crippen molar-refractivity contribution in [1.29, 1.82) is 0 Å². The zero-order valence-corrected chi connectivity index (χ0v) is 10.5. The first-order valence-electron chi connectivity index (χ1n) is 6.39. The van der Waals surface area contributed by atoms with Gasteiger partial charge in [-0.2, -0.15) is 0 Å². The summed E-state index contributed by atoms with van der Waals surface area (Å²) in [4.78, 5) is 0. The van der Waals surface area contributed by atoms with Crippen LogP contribution in [0.1, 0.15) is 18.1 Å². The van der Waals surface area contributed by atoms with Gasteiger partial charge in [0.1, 0.15) is 0 Å². The molecule has 0 saturated heterocycles. The van der Waals surface area contributed by atoms with Crippen LogP contribution in [0.5, 0.6) is 0 Å². The zero-order chi connectivity index (χ0) is 12.8. The van der Waals surface area contributed by atoms with Gasteiger partial charge >= 0.3 is 0 Å². The van der Waals surface area contributed by atoms with Gasteiger partial charge in [0.25, 0.3) is 0 Å². The van der Waals surface area contributed by atoms with Crippen LogP contribution in [0, 0.1) is 0 Å². The average Bonchev–Trinajstić information content (AvgIpc) is 2.43. The Morgan fingerprint density at radius 1 is 1.11 bits per heavy atom. The van der Waals surface area contributed by atoms with Crippen molar-refractivity contribution >= 4 is 10.8 Å². The summed E-state index contributed by atoms with van der Waals surface area (Å²) in [6.07, 6.45) is 0.470. The number of nitrogens with two attached hydrogens (primary N) is 1. The molecule has 2 aromatic carbocycles. The van der Waals surface area contributed by atoms with Gasteiger partial charge in [0, 0.05) is 6.54 Å². The SMILES string of the molecule is NCCCNCC(O)c1ccc2ccccc2c1. The minimum atomic E-state index is -0.465. The number of fused-ring (bicyclic) bond motifs is 1. The van der Waals surface area contributed by atoms with E-state index in [-0.39, 0.29) is 0 Å². The lowest BCUT2D eigenvalue weighted by molar-refractivity contribution is 0.175. The number of rotatable bonds is 6. The summed E-state index contributed by atoms with van der Waals surface area (Å²) >= 11 is 0. The molecule has 0 aliphatic heterocycles. The molecule has 0 spiro atoms. The van der Waals surface area contributed by atoms with Crippen molar-refractivity contribution in [3.8, 4) is 0 Å². The average molecular weight is 244 g/mol. The molecule has 3 heteroatoms. The molecule has 4 N–H and O–H groups in total. The van der Waals surface area contributed by atoms with E-state index in [1.807, 2.05) is 30.3 Å². The van der Waals surface area contributed by atoms with E-state index in [9.17, 15) is 5.11 Å². The summed E-state index contributed by atoms with van der Waals surface area (Å²) in [5.41, 5.74) is 6.37. The maximum Gasteiger partial charge on any atom is 0.0914 e. The molecule has 0 fully saturated rings. The molecule has 0 amide bonds. The molecule has 2 rings (SSSR count). The summed E-state index contributed by atoms with van der Waals surface area (Å²) in [5.74, 6) is 0.